The molecule has 1 fully saturated rings. The largest absolute Gasteiger partial charge is 0.482 e. The minimum atomic E-state index is -0.204. The van der Waals surface area contributed by atoms with Crippen LogP contribution in [0.2, 0.25) is 0 Å². The number of amides is 2. The Morgan fingerprint density at radius 1 is 1.50 bits per heavy atom. The van der Waals surface area contributed by atoms with Crippen LogP contribution < -0.4 is 20.3 Å². The van der Waals surface area contributed by atoms with Crippen molar-refractivity contribution in [2.45, 2.75) is 31.8 Å². The molecule has 2 heterocycles. The van der Waals surface area contributed by atoms with Crippen molar-refractivity contribution in [3.05, 3.63) is 22.7 Å². The molecular weight excluding hydrogens is 398 g/mol. The maximum atomic E-state index is 12.4. The predicted octanol–water partition coefficient (Wildman–Crippen LogP) is 1.85. The van der Waals surface area contributed by atoms with Crippen LogP contribution >= 0.6 is 28.3 Å². The summed E-state index contributed by atoms with van der Waals surface area (Å²) >= 11 is 3.38. The van der Waals surface area contributed by atoms with Crippen molar-refractivity contribution in [3.63, 3.8) is 0 Å². The number of anilines is 1. The molecule has 0 saturated carbocycles. The molecule has 2 N–H and O–H groups in total. The molecule has 2 unspecified atom stereocenters. The molecule has 3 rings (SSSR count). The van der Waals surface area contributed by atoms with Gasteiger partial charge in [-0.05, 0) is 44.5 Å². The number of hydrogen-bond donors (Lipinski definition) is 2. The zero-order valence-electron chi connectivity index (χ0n) is 13.4. The lowest BCUT2D eigenvalue weighted by Crippen LogP contribution is -2.54. The number of nitrogens with one attached hydrogen (secondary N) is 2. The first-order valence-electron chi connectivity index (χ1n) is 7.80. The van der Waals surface area contributed by atoms with Gasteiger partial charge in [0.2, 0.25) is 5.91 Å². The van der Waals surface area contributed by atoms with E-state index in [4.69, 9.17) is 4.74 Å². The second-order valence-electron chi connectivity index (χ2n) is 5.94. The number of ether oxygens (including phenoxy) is 1. The SMILES string of the molecule is CC1NCCCC1NC(=O)CN1C(=O)COc2cc(Br)ccc21.Cl. The molecule has 6 nitrogen and oxygen atoms in total. The topological polar surface area (TPSA) is 70.7 Å². The fourth-order valence-electron chi connectivity index (χ4n) is 2.99. The molecule has 0 spiro atoms. The second-order valence-corrected chi connectivity index (χ2v) is 6.86. The van der Waals surface area contributed by atoms with Gasteiger partial charge in [-0.3, -0.25) is 14.5 Å². The average Bonchev–Trinajstić information content (AvgIpc) is 2.52. The van der Waals surface area contributed by atoms with E-state index in [1.54, 1.807) is 12.1 Å². The molecule has 1 saturated heterocycles. The van der Waals surface area contributed by atoms with Crippen LogP contribution in [0.3, 0.4) is 0 Å². The van der Waals surface area contributed by atoms with Gasteiger partial charge in [-0.1, -0.05) is 15.9 Å². The van der Waals surface area contributed by atoms with Crippen LogP contribution in [0.15, 0.2) is 22.7 Å². The van der Waals surface area contributed by atoms with Gasteiger partial charge < -0.3 is 15.4 Å². The Morgan fingerprint density at radius 2 is 2.29 bits per heavy atom. The molecule has 2 amide bonds. The molecule has 1 aromatic carbocycles. The Morgan fingerprint density at radius 3 is 3.04 bits per heavy atom. The van der Waals surface area contributed by atoms with E-state index in [0.29, 0.717) is 11.4 Å². The summed E-state index contributed by atoms with van der Waals surface area (Å²) in [5, 5.41) is 6.38. The standard InChI is InChI=1S/C16H20BrN3O3.ClH/c1-10-12(3-2-6-18-10)19-15(21)8-20-13-5-4-11(17)7-14(13)23-9-16(20)22;/h4-5,7,10,12,18H,2-3,6,8-9H2,1H3,(H,19,21);1H. The number of benzene rings is 1. The summed E-state index contributed by atoms with van der Waals surface area (Å²) < 4.78 is 6.30. The molecule has 2 aliphatic rings. The molecular formula is C16H21BrClN3O3. The number of halogens is 2. The Labute approximate surface area is 155 Å². The summed E-state index contributed by atoms with van der Waals surface area (Å²) in [5.41, 5.74) is 0.634. The molecule has 0 aromatic heterocycles. The monoisotopic (exact) mass is 417 g/mol. The molecule has 0 aliphatic carbocycles. The van der Waals surface area contributed by atoms with Gasteiger partial charge in [0, 0.05) is 16.6 Å². The highest BCUT2D eigenvalue weighted by atomic mass is 79.9. The van der Waals surface area contributed by atoms with E-state index in [2.05, 4.69) is 33.5 Å². The summed E-state index contributed by atoms with van der Waals surface area (Å²) in [5.74, 6) is 0.263. The number of nitrogens with zero attached hydrogens (tertiary/aromatic N) is 1. The molecule has 1 aromatic rings. The number of rotatable bonds is 3. The third-order valence-electron chi connectivity index (χ3n) is 4.27. The molecule has 132 valence electrons. The number of fused-ring (bicyclic) bond motifs is 1. The first-order valence-corrected chi connectivity index (χ1v) is 8.59. The number of carbonyl (C=O) groups is 2. The maximum absolute atomic E-state index is 12.4. The van der Waals surface area contributed by atoms with Crippen LogP contribution in [0.1, 0.15) is 19.8 Å². The van der Waals surface area contributed by atoms with E-state index >= 15 is 0 Å². The van der Waals surface area contributed by atoms with Gasteiger partial charge in [-0.25, -0.2) is 0 Å². The third-order valence-corrected chi connectivity index (χ3v) is 4.77. The van der Waals surface area contributed by atoms with E-state index in [1.807, 2.05) is 6.07 Å². The van der Waals surface area contributed by atoms with E-state index in [9.17, 15) is 9.59 Å². The summed E-state index contributed by atoms with van der Waals surface area (Å²) in [7, 11) is 0. The zero-order valence-corrected chi connectivity index (χ0v) is 15.8. The maximum Gasteiger partial charge on any atom is 0.265 e. The Hall–Kier alpha value is -1.31. The quantitative estimate of drug-likeness (QED) is 0.786. The lowest BCUT2D eigenvalue weighted by Gasteiger charge is -2.33. The lowest BCUT2D eigenvalue weighted by atomic mass is 10.00. The van der Waals surface area contributed by atoms with Gasteiger partial charge in [-0.15, -0.1) is 12.4 Å². The van der Waals surface area contributed by atoms with Crippen molar-refractivity contribution in [2.24, 2.45) is 0 Å². The number of piperidine rings is 1. The third kappa shape index (κ3) is 4.20. The minimum absolute atomic E-state index is 0. The minimum Gasteiger partial charge on any atom is -0.482 e. The van der Waals surface area contributed by atoms with Crippen LogP contribution in [-0.4, -0.2) is 43.6 Å². The number of carbonyl (C=O) groups excluding carboxylic acids is 2. The molecule has 2 atom stereocenters. The van der Waals surface area contributed by atoms with Crippen molar-refractivity contribution in [3.8, 4) is 5.75 Å². The highest BCUT2D eigenvalue weighted by Gasteiger charge is 2.29. The van der Waals surface area contributed by atoms with E-state index in [1.165, 1.54) is 4.90 Å². The van der Waals surface area contributed by atoms with Crippen LogP contribution in [0, 0.1) is 0 Å². The van der Waals surface area contributed by atoms with Crippen LogP contribution in [-0.2, 0) is 9.59 Å². The van der Waals surface area contributed by atoms with E-state index in [-0.39, 0.29) is 49.5 Å². The smallest absolute Gasteiger partial charge is 0.265 e. The Bertz CT molecular complexity index is 629. The van der Waals surface area contributed by atoms with Crippen molar-refractivity contribution in [1.29, 1.82) is 0 Å². The highest BCUT2D eigenvalue weighted by molar-refractivity contribution is 9.10. The fraction of sp³-hybridized carbons (Fsp3) is 0.500. The summed E-state index contributed by atoms with van der Waals surface area (Å²) in [6.07, 6.45) is 2.00. The predicted molar refractivity (Wildman–Crippen MR) is 97.9 cm³/mol. The van der Waals surface area contributed by atoms with Crippen molar-refractivity contribution in [2.75, 3.05) is 24.6 Å². The fourth-order valence-corrected chi connectivity index (χ4v) is 3.33. The zero-order chi connectivity index (χ0) is 16.4. The van der Waals surface area contributed by atoms with Gasteiger partial charge in [0.25, 0.3) is 5.91 Å². The van der Waals surface area contributed by atoms with E-state index < -0.39 is 0 Å². The average molecular weight is 419 g/mol. The van der Waals surface area contributed by atoms with Gasteiger partial charge >= 0.3 is 0 Å². The van der Waals surface area contributed by atoms with Crippen LogP contribution in [0.5, 0.6) is 5.75 Å². The molecule has 0 bridgehead atoms. The summed E-state index contributed by atoms with van der Waals surface area (Å²) in [4.78, 5) is 26.0. The van der Waals surface area contributed by atoms with Gasteiger partial charge in [0.05, 0.1) is 5.69 Å². The number of hydrogen-bond acceptors (Lipinski definition) is 4. The lowest BCUT2D eigenvalue weighted by molar-refractivity contribution is -0.125. The molecule has 8 heteroatoms. The van der Waals surface area contributed by atoms with Crippen LogP contribution in [0.25, 0.3) is 0 Å². The second kappa shape index (κ2) is 8.18. The van der Waals surface area contributed by atoms with Crippen molar-refractivity contribution >= 4 is 45.8 Å². The summed E-state index contributed by atoms with van der Waals surface area (Å²) in [6, 6.07) is 5.78. The Balaban J connectivity index is 0.00000208. The highest BCUT2D eigenvalue weighted by Crippen LogP contribution is 2.34. The van der Waals surface area contributed by atoms with Crippen LogP contribution in [0.4, 0.5) is 5.69 Å². The van der Waals surface area contributed by atoms with Gasteiger partial charge in [-0.2, -0.15) is 0 Å². The Kier molecular flexibility index (Phi) is 6.48. The first-order chi connectivity index (χ1) is 11.0. The van der Waals surface area contributed by atoms with Gasteiger partial charge in [0.15, 0.2) is 6.61 Å². The van der Waals surface area contributed by atoms with Crippen molar-refractivity contribution < 1.29 is 14.3 Å². The van der Waals surface area contributed by atoms with E-state index in [0.717, 1.165) is 23.9 Å². The van der Waals surface area contributed by atoms with Gasteiger partial charge in [0.1, 0.15) is 12.3 Å². The summed E-state index contributed by atoms with van der Waals surface area (Å²) in [6.45, 7) is 3.02. The van der Waals surface area contributed by atoms with Crippen molar-refractivity contribution in [1.82, 2.24) is 10.6 Å². The molecule has 2 aliphatic heterocycles. The first kappa shape index (κ1) is 19.0. The molecule has 24 heavy (non-hydrogen) atoms. The normalized spacial score (nSPS) is 22.9. The molecule has 0 radical (unpaired) electrons.